The van der Waals surface area contributed by atoms with Gasteiger partial charge in [0, 0.05) is 55.6 Å². The van der Waals surface area contributed by atoms with Crippen molar-refractivity contribution in [3.63, 3.8) is 0 Å². The van der Waals surface area contributed by atoms with Crippen molar-refractivity contribution in [2.24, 2.45) is 5.73 Å². The molecule has 4 aromatic rings. The van der Waals surface area contributed by atoms with Crippen LogP contribution in [-0.4, -0.2) is 52.3 Å². The first-order valence-electron chi connectivity index (χ1n) is 13.6. The van der Waals surface area contributed by atoms with E-state index in [1.807, 2.05) is 49.4 Å². The third-order valence-electron chi connectivity index (χ3n) is 7.10. The minimum atomic E-state index is -0.542. The largest absolute Gasteiger partial charge is 0.365 e. The highest BCUT2D eigenvalue weighted by molar-refractivity contribution is 7.17. The van der Waals surface area contributed by atoms with Gasteiger partial charge in [-0.05, 0) is 55.5 Å². The van der Waals surface area contributed by atoms with Gasteiger partial charge in [-0.25, -0.2) is 4.79 Å². The molecule has 11 heteroatoms. The smallest absolute Gasteiger partial charge is 0.324 e. The molecule has 2 aromatic heterocycles. The van der Waals surface area contributed by atoms with Gasteiger partial charge in [-0.15, -0.1) is 11.3 Å². The Morgan fingerprint density at radius 1 is 1.05 bits per heavy atom. The average molecular weight is 572 g/mol. The fourth-order valence-corrected chi connectivity index (χ4v) is 6.31. The van der Waals surface area contributed by atoms with E-state index in [2.05, 4.69) is 30.8 Å². The van der Waals surface area contributed by atoms with Crippen LogP contribution in [0.25, 0.3) is 11.0 Å². The summed E-state index contributed by atoms with van der Waals surface area (Å²) >= 11 is 1.39. The number of para-hydroxylation sites is 1. The van der Waals surface area contributed by atoms with Gasteiger partial charge in [-0.2, -0.15) is 0 Å². The van der Waals surface area contributed by atoms with Crippen molar-refractivity contribution in [2.75, 3.05) is 30.3 Å². The van der Waals surface area contributed by atoms with Crippen LogP contribution in [0.15, 0.2) is 54.9 Å². The molecule has 0 atom stereocenters. The lowest BCUT2D eigenvalue weighted by molar-refractivity contribution is -0.121. The Balaban J connectivity index is 1.09. The van der Waals surface area contributed by atoms with E-state index in [1.54, 1.807) is 12.4 Å². The van der Waals surface area contributed by atoms with E-state index in [9.17, 15) is 14.4 Å². The molecule has 41 heavy (non-hydrogen) atoms. The van der Waals surface area contributed by atoms with Gasteiger partial charge in [0.15, 0.2) is 0 Å². The Labute approximate surface area is 242 Å². The number of rotatable bonds is 10. The molecular formula is C30H33N7O3S. The number of thiophene rings is 1. The SMILES string of the molecule is Cc1ccc(NC(=O)Nc2sc3c(c2C(N)=O)CCN(CCCNC(=O)CCc2cccc4nccnc24)C3)cc1. The van der Waals surface area contributed by atoms with Gasteiger partial charge < -0.3 is 16.4 Å². The zero-order chi connectivity index (χ0) is 28.8. The minimum absolute atomic E-state index is 0.0100. The summed E-state index contributed by atoms with van der Waals surface area (Å²) in [5.41, 5.74) is 11.5. The monoisotopic (exact) mass is 571 g/mol. The van der Waals surface area contributed by atoms with Crippen molar-refractivity contribution in [3.8, 4) is 0 Å². The van der Waals surface area contributed by atoms with Crippen LogP contribution in [0.3, 0.4) is 0 Å². The summed E-state index contributed by atoms with van der Waals surface area (Å²) < 4.78 is 0. The van der Waals surface area contributed by atoms with Gasteiger partial charge in [0.2, 0.25) is 5.91 Å². The number of nitrogens with zero attached hydrogens (tertiary/aromatic N) is 3. The molecule has 0 saturated carbocycles. The number of carbonyl (C=O) groups excluding carboxylic acids is 3. The number of nitrogens with two attached hydrogens (primary N) is 1. The second-order valence-electron chi connectivity index (χ2n) is 10.1. The number of hydrogen-bond acceptors (Lipinski definition) is 7. The Morgan fingerprint density at radius 2 is 1.85 bits per heavy atom. The standard InChI is InChI=1S/C30H33N7O3S/c1-19-6-9-21(10-7-19)35-30(40)36-29-26(28(31)39)22-12-17-37(18-24(22)41-29)16-3-13-33-25(38)11-8-20-4-2-5-23-27(20)34-15-14-32-23/h2,4-7,9-10,14-15H,3,8,11-13,16-18H2,1H3,(H2,31,39)(H,33,38)(H2,35,36,40). The van der Waals surface area contributed by atoms with Crippen molar-refractivity contribution < 1.29 is 14.4 Å². The number of aryl methyl sites for hydroxylation is 2. The molecule has 0 spiro atoms. The number of urea groups is 1. The van der Waals surface area contributed by atoms with E-state index in [0.717, 1.165) is 52.1 Å². The highest BCUT2D eigenvalue weighted by Gasteiger charge is 2.27. The fraction of sp³-hybridized carbons (Fsp3) is 0.300. The summed E-state index contributed by atoms with van der Waals surface area (Å²) in [7, 11) is 0. The fourth-order valence-electron chi connectivity index (χ4n) is 5.02. The maximum Gasteiger partial charge on any atom is 0.324 e. The van der Waals surface area contributed by atoms with Crippen LogP contribution in [0.2, 0.25) is 0 Å². The zero-order valence-electron chi connectivity index (χ0n) is 22.9. The van der Waals surface area contributed by atoms with Crippen molar-refractivity contribution in [1.29, 1.82) is 0 Å². The maximum atomic E-state index is 12.6. The third kappa shape index (κ3) is 7.05. The first-order valence-corrected chi connectivity index (χ1v) is 14.5. The van der Waals surface area contributed by atoms with E-state index >= 15 is 0 Å². The lowest BCUT2D eigenvalue weighted by Gasteiger charge is -2.27. The summed E-state index contributed by atoms with van der Waals surface area (Å²) in [6, 6.07) is 12.9. The number of nitrogens with one attached hydrogen (secondary N) is 3. The molecule has 0 bridgehead atoms. The summed E-state index contributed by atoms with van der Waals surface area (Å²) in [5, 5.41) is 9.10. The second-order valence-corrected chi connectivity index (χ2v) is 11.2. The molecule has 5 N–H and O–H groups in total. The summed E-state index contributed by atoms with van der Waals surface area (Å²) in [6.07, 6.45) is 5.81. The molecule has 4 amide bonds. The molecule has 5 rings (SSSR count). The molecule has 0 aliphatic carbocycles. The van der Waals surface area contributed by atoms with Crippen molar-refractivity contribution >= 4 is 50.9 Å². The lowest BCUT2D eigenvalue weighted by Crippen LogP contribution is -2.34. The predicted molar refractivity (Wildman–Crippen MR) is 161 cm³/mol. The van der Waals surface area contributed by atoms with Crippen LogP contribution in [0.4, 0.5) is 15.5 Å². The number of carbonyl (C=O) groups is 3. The van der Waals surface area contributed by atoms with Crippen molar-refractivity contribution in [2.45, 2.75) is 39.2 Å². The van der Waals surface area contributed by atoms with Gasteiger partial charge in [-0.1, -0.05) is 29.8 Å². The number of aromatic nitrogens is 2. The quantitative estimate of drug-likeness (QED) is 0.210. The van der Waals surface area contributed by atoms with E-state index in [0.29, 0.717) is 48.6 Å². The lowest BCUT2D eigenvalue weighted by atomic mass is 10.0. The molecular weight excluding hydrogens is 538 g/mol. The van der Waals surface area contributed by atoms with Crippen LogP contribution in [0, 0.1) is 6.92 Å². The molecule has 10 nitrogen and oxygen atoms in total. The Kier molecular flexibility index (Phi) is 8.85. The normalized spacial score (nSPS) is 13.0. The molecule has 1 aliphatic heterocycles. The van der Waals surface area contributed by atoms with Crippen LogP contribution < -0.4 is 21.7 Å². The second kappa shape index (κ2) is 12.9. The Morgan fingerprint density at radius 3 is 2.66 bits per heavy atom. The van der Waals surface area contributed by atoms with E-state index in [-0.39, 0.29) is 5.91 Å². The van der Waals surface area contributed by atoms with E-state index in [4.69, 9.17) is 5.73 Å². The van der Waals surface area contributed by atoms with Crippen molar-refractivity contribution in [3.05, 3.63) is 82.0 Å². The minimum Gasteiger partial charge on any atom is -0.365 e. The molecule has 0 radical (unpaired) electrons. The predicted octanol–water partition coefficient (Wildman–Crippen LogP) is 4.24. The number of anilines is 2. The topological polar surface area (TPSA) is 142 Å². The summed E-state index contributed by atoms with van der Waals surface area (Å²) in [6.45, 7) is 4.80. The van der Waals surface area contributed by atoms with Gasteiger partial charge in [-0.3, -0.25) is 29.8 Å². The molecule has 1 aliphatic rings. The van der Waals surface area contributed by atoms with Gasteiger partial charge >= 0.3 is 6.03 Å². The Bertz CT molecular complexity index is 1560. The molecule has 2 aromatic carbocycles. The highest BCUT2D eigenvalue weighted by Crippen LogP contribution is 2.37. The highest BCUT2D eigenvalue weighted by atomic mass is 32.1. The number of amides is 4. The Hall–Kier alpha value is -4.35. The number of primary amides is 1. The van der Waals surface area contributed by atoms with E-state index in [1.165, 1.54) is 11.3 Å². The molecule has 212 valence electrons. The molecule has 0 unspecified atom stereocenters. The zero-order valence-corrected chi connectivity index (χ0v) is 23.7. The van der Waals surface area contributed by atoms with Gasteiger partial charge in [0.25, 0.3) is 5.91 Å². The van der Waals surface area contributed by atoms with Crippen LogP contribution in [0.5, 0.6) is 0 Å². The summed E-state index contributed by atoms with van der Waals surface area (Å²) in [4.78, 5) is 49.4. The summed E-state index contributed by atoms with van der Waals surface area (Å²) in [5.74, 6) is -0.532. The van der Waals surface area contributed by atoms with Crippen LogP contribution >= 0.6 is 11.3 Å². The van der Waals surface area contributed by atoms with Gasteiger partial charge in [0.05, 0.1) is 16.6 Å². The van der Waals surface area contributed by atoms with Gasteiger partial charge in [0.1, 0.15) is 5.00 Å². The molecule has 3 heterocycles. The van der Waals surface area contributed by atoms with Crippen molar-refractivity contribution in [1.82, 2.24) is 20.2 Å². The first kappa shape index (κ1) is 28.2. The van der Waals surface area contributed by atoms with E-state index < -0.39 is 11.9 Å². The number of hydrogen-bond donors (Lipinski definition) is 4. The maximum absolute atomic E-state index is 12.6. The molecule has 0 saturated heterocycles. The van der Waals surface area contributed by atoms with Crippen LogP contribution in [0.1, 0.15) is 44.8 Å². The first-order chi connectivity index (χ1) is 19.9. The molecule has 0 fully saturated rings. The third-order valence-corrected chi connectivity index (χ3v) is 8.23. The number of fused-ring (bicyclic) bond motifs is 2. The number of benzene rings is 2. The van der Waals surface area contributed by atoms with Crippen LogP contribution in [-0.2, 0) is 24.2 Å². The average Bonchev–Trinajstić information content (AvgIpc) is 3.32.